The Hall–Kier alpha value is -1.46. The quantitative estimate of drug-likeness (QED) is 0.695. The van der Waals surface area contributed by atoms with E-state index in [2.05, 4.69) is 12.2 Å². The summed E-state index contributed by atoms with van der Waals surface area (Å²) in [5.41, 5.74) is 6.77. The van der Waals surface area contributed by atoms with Gasteiger partial charge in [0, 0.05) is 32.6 Å². The molecule has 0 saturated carbocycles. The topological polar surface area (TPSA) is 76.7 Å². The zero-order valence-electron chi connectivity index (χ0n) is 12.0. The van der Waals surface area contributed by atoms with Gasteiger partial charge in [-0.15, -0.1) is 0 Å². The average Bonchev–Trinajstić information content (AvgIpc) is 2.46. The van der Waals surface area contributed by atoms with Gasteiger partial charge in [-0.2, -0.15) is 0 Å². The summed E-state index contributed by atoms with van der Waals surface area (Å²) in [5.74, 6) is 0.691. The normalized spacial score (nSPS) is 17.7. The van der Waals surface area contributed by atoms with Crippen LogP contribution < -0.4 is 15.8 Å². The van der Waals surface area contributed by atoms with Gasteiger partial charge in [0.2, 0.25) is 0 Å². The number of ether oxygens (including phenoxy) is 2. The van der Waals surface area contributed by atoms with Crippen molar-refractivity contribution in [2.24, 2.45) is 0 Å². The predicted octanol–water partition coefficient (Wildman–Crippen LogP) is 2.01. The predicted molar refractivity (Wildman–Crippen MR) is 80.1 cm³/mol. The molecule has 1 aliphatic rings. The molecule has 112 valence electrons. The Kier molecular flexibility index (Phi) is 5.09. The Bertz CT molecular complexity index is 431. The number of anilines is 2. The number of nitrogens with two attached hydrogens (primary N) is 1. The van der Waals surface area contributed by atoms with Gasteiger partial charge >= 0.3 is 0 Å². The van der Waals surface area contributed by atoms with E-state index in [1.807, 2.05) is 18.2 Å². The van der Waals surface area contributed by atoms with Gasteiger partial charge in [0.15, 0.2) is 0 Å². The van der Waals surface area contributed by atoms with Crippen LogP contribution in [0.4, 0.5) is 11.4 Å². The maximum Gasteiger partial charge on any atom is 0.144 e. The van der Waals surface area contributed by atoms with E-state index >= 15 is 0 Å². The number of aliphatic hydroxyl groups is 1. The van der Waals surface area contributed by atoms with Gasteiger partial charge in [-0.25, -0.2) is 0 Å². The van der Waals surface area contributed by atoms with Crippen LogP contribution in [-0.2, 0) is 4.74 Å². The second-order valence-electron chi connectivity index (χ2n) is 5.26. The third kappa shape index (κ3) is 3.77. The first kappa shape index (κ1) is 14.9. The Balaban J connectivity index is 1.98. The molecule has 5 heteroatoms. The Labute approximate surface area is 120 Å². The summed E-state index contributed by atoms with van der Waals surface area (Å²) in [4.78, 5) is 0. The lowest BCUT2D eigenvalue weighted by Gasteiger charge is -2.32. The molecule has 1 aromatic rings. The average molecular weight is 280 g/mol. The van der Waals surface area contributed by atoms with Crippen molar-refractivity contribution < 1.29 is 14.6 Å². The standard InChI is InChI=1S/C15H24N2O3/c1-2-8-20-13-5-3-4-12(14(13)16)17-11-15(18)6-9-19-10-7-15/h3-5,17-18H,2,6-11,16H2,1H3. The summed E-state index contributed by atoms with van der Waals surface area (Å²) < 4.78 is 10.9. The molecule has 0 unspecified atom stereocenters. The Morgan fingerprint density at radius 1 is 1.40 bits per heavy atom. The monoisotopic (exact) mass is 280 g/mol. The van der Waals surface area contributed by atoms with E-state index < -0.39 is 5.60 Å². The number of nitrogen functional groups attached to an aromatic ring is 1. The van der Waals surface area contributed by atoms with Crippen molar-refractivity contribution in [1.82, 2.24) is 0 Å². The summed E-state index contributed by atoms with van der Waals surface area (Å²) in [6, 6.07) is 5.66. The molecule has 0 aromatic heterocycles. The molecule has 0 atom stereocenters. The summed E-state index contributed by atoms with van der Waals surface area (Å²) in [6.45, 7) is 4.38. The number of hydrogen-bond donors (Lipinski definition) is 3. The van der Waals surface area contributed by atoms with Crippen LogP contribution >= 0.6 is 0 Å². The molecule has 1 fully saturated rings. The second-order valence-corrected chi connectivity index (χ2v) is 5.26. The van der Waals surface area contributed by atoms with Crippen molar-refractivity contribution in [3.05, 3.63) is 18.2 Å². The fourth-order valence-electron chi connectivity index (χ4n) is 2.22. The van der Waals surface area contributed by atoms with Gasteiger partial charge in [-0.3, -0.25) is 0 Å². The molecule has 0 bridgehead atoms. The second kappa shape index (κ2) is 6.81. The highest BCUT2D eigenvalue weighted by Crippen LogP contribution is 2.30. The first-order chi connectivity index (χ1) is 9.64. The first-order valence-corrected chi connectivity index (χ1v) is 7.20. The van der Waals surface area contributed by atoms with E-state index in [0.717, 1.165) is 12.1 Å². The van der Waals surface area contributed by atoms with Gasteiger partial charge in [-0.1, -0.05) is 13.0 Å². The van der Waals surface area contributed by atoms with Crippen LogP contribution in [0.5, 0.6) is 5.75 Å². The first-order valence-electron chi connectivity index (χ1n) is 7.20. The van der Waals surface area contributed by atoms with E-state index in [0.29, 0.717) is 50.6 Å². The molecule has 5 nitrogen and oxygen atoms in total. The lowest BCUT2D eigenvalue weighted by Crippen LogP contribution is -2.42. The van der Waals surface area contributed by atoms with E-state index in [9.17, 15) is 5.11 Å². The van der Waals surface area contributed by atoms with Crippen LogP contribution in [0.25, 0.3) is 0 Å². The summed E-state index contributed by atoms with van der Waals surface area (Å²) in [7, 11) is 0. The van der Waals surface area contributed by atoms with Gasteiger partial charge in [0.05, 0.1) is 23.6 Å². The zero-order chi connectivity index (χ0) is 14.4. The van der Waals surface area contributed by atoms with Gasteiger partial charge < -0.3 is 25.6 Å². The maximum absolute atomic E-state index is 10.4. The number of nitrogens with one attached hydrogen (secondary N) is 1. The van der Waals surface area contributed by atoms with Gasteiger partial charge in [0.25, 0.3) is 0 Å². The fraction of sp³-hybridized carbons (Fsp3) is 0.600. The van der Waals surface area contributed by atoms with Gasteiger partial charge in [0.1, 0.15) is 5.75 Å². The molecule has 1 heterocycles. The molecule has 1 aliphatic heterocycles. The van der Waals surface area contributed by atoms with E-state index in [-0.39, 0.29) is 0 Å². The maximum atomic E-state index is 10.4. The molecular weight excluding hydrogens is 256 g/mol. The largest absolute Gasteiger partial charge is 0.491 e. The van der Waals surface area contributed by atoms with E-state index in [1.54, 1.807) is 0 Å². The fourth-order valence-corrected chi connectivity index (χ4v) is 2.22. The Morgan fingerprint density at radius 2 is 2.15 bits per heavy atom. The number of para-hydroxylation sites is 1. The molecule has 0 radical (unpaired) electrons. The zero-order valence-corrected chi connectivity index (χ0v) is 12.0. The van der Waals surface area contributed by atoms with E-state index in [1.165, 1.54) is 0 Å². The van der Waals surface area contributed by atoms with Crippen molar-refractivity contribution in [1.29, 1.82) is 0 Å². The summed E-state index contributed by atoms with van der Waals surface area (Å²) in [6.07, 6.45) is 2.23. The highest BCUT2D eigenvalue weighted by Gasteiger charge is 2.29. The molecule has 0 spiro atoms. The molecular formula is C15H24N2O3. The molecule has 20 heavy (non-hydrogen) atoms. The van der Waals surface area contributed by atoms with Crippen LogP contribution in [0.2, 0.25) is 0 Å². The lowest BCUT2D eigenvalue weighted by molar-refractivity contribution is -0.0543. The molecule has 4 N–H and O–H groups in total. The van der Waals surface area contributed by atoms with Crippen molar-refractivity contribution in [3.63, 3.8) is 0 Å². The summed E-state index contributed by atoms with van der Waals surface area (Å²) >= 11 is 0. The number of rotatable bonds is 6. The van der Waals surface area contributed by atoms with Crippen molar-refractivity contribution in [2.75, 3.05) is 37.4 Å². The minimum Gasteiger partial charge on any atom is -0.491 e. The molecule has 0 amide bonds. The smallest absolute Gasteiger partial charge is 0.144 e. The van der Waals surface area contributed by atoms with E-state index in [4.69, 9.17) is 15.2 Å². The summed E-state index contributed by atoms with van der Waals surface area (Å²) in [5, 5.41) is 13.6. The molecule has 2 rings (SSSR count). The van der Waals surface area contributed by atoms with Gasteiger partial charge in [-0.05, 0) is 18.6 Å². The van der Waals surface area contributed by atoms with Crippen LogP contribution in [-0.4, -0.2) is 37.1 Å². The van der Waals surface area contributed by atoms with Crippen molar-refractivity contribution in [2.45, 2.75) is 31.8 Å². The third-order valence-electron chi connectivity index (χ3n) is 3.56. The highest BCUT2D eigenvalue weighted by atomic mass is 16.5. The van der Waals surface area contributed by atoms with Crippen molar-refractivity contribution in [3.8, 4) is 5.75 Å². The number of benzene rings is 1. The van der Waals surface area contributed by atoms with Crippen LogP contribution in [0.1, 0.15) is 26.2 Å². The third-order valence-corrected chi connectivity index (χ3v) is 3.56. The molecule has 1 aromatic carbocycles. The Morgan fingerprint density at radius 3 is 2.85 bits per heavy atom. The minimum atomic E-state index is -0.717. The van der Waals surface area contributed by atoms with Crippen LogP contribution in [0.15, 0.2) is 18.2 Å². The SMILES string of the molecule is CCCOc1cccc(NCC2(O)CCOCC2)c1N. The van der Waals surface area contributed by atoms with Crippen LogP contribution in [0.3, 0.4) is 0 Å². The molecule has 1 saturated heterocycles. The number of hydrogen-bond acceptors (Lipinski definition) is 5. The van der Waals surface area contributed by atoms with Crippen molar-refractivity contribution >= 4 is 11.4 Å². The molecule has 0 aliphatic carbocycles. The minimum absolute atomic E-state index is 0.470. The highest BCUT2D eigenvalue weighted by molar-refractivity contribution is 5.73. The lowest BCUT2D eigenvalue weighted by atomic mass is 9.94. The van der Waals surface area contributed by atoms with Crippen LogP contribution in [0, 0.1) is 0 Å².